The van der Waals surface area contributed by atoms with Gasteiger partial charge in [-0.1, -0.05) is 29.8 Å². The molecule has 2 aliphatic rings. The Hall–Kier alpha value is -3.80. The van der Waals surface area contributed by atoms with Gasteiger partial charge in [-0.2, -0.15) is 13.2 Å². The van der Waals surface area contributed by atoms with E-state index in [1.165, 1.54) is 9.80 Å². The van der Waals surface area contributed by atoms with Gasteiger partial charge in [0.25, 0.3) is 0 Å². The third-order valence-corrected chi connectivity index (χ3v) is 7.51. The molecule has 41 heavy (non-hydrogen) atoms. The lowest BCUT2D eigenvalue weighted by atomic mass is 9.98. The number of nitrogens with one attached hydrogen (secondary N) is 1. The normalized spacial score (nSPS) is 19.3. The van der Waals surface area contributed by atoms with E-state index in [-0.39, 0.29) is 44.4 Å². The number of urea groups is 1. The van der Waals surface area contributed by atoms with Crippen LogP contribution in [0, 0.1) is 6.92 Å². The molecule has 0 saturated carbocycles. The first-order chi connectivity index (χ1) is 19.5. The number of carbonyl (C=O) groups is 3. The lowest BCUT2D eigenvalue weighted by Crippen LogP contribution is -2.71. The minimum atomic E-state index is -4.50. The van der Waals surface area contributed by atoms with Crippen molar-refractivity contribution in [1.82, 2.24) is 20.0 Å². The number of amides is 4. The molecule has 222 valence electrons. The van der Waals surface area contributed by atoms with Crippen LogP contribution >= 0.6 is 0 Å². The first-order valence-electron chi connectivity index (χ1n) is 13.7. The first kappa shape index (κ1) is 30.2. The summed E-state index contributed by atoms with van der Waals surface area (Å²) in [5.41, 5.74) is 6.42. The summed E-state index contributed by atoms with van der Waals surface area (Å²) in [6, 6.07) is 9.71. The predicted molar refractivity (Wildman–Crippen MR) is 145 cm³/mol. The maximum absolute atomic E-state index is 13.7. The van der Waals surface area contributed by atoms with Crippen LogP contribution in [0.5, 0.6) is 5.75 Å². The number of nitrogens with two attached hydrogens (primary N) is 1. The van der Waals surface area contributed by atoms with Crippen molar-refractivity contribution in [2.45, 2.75) is 64.1 Å². The molecule has 3 N–H and O–H groups in total. The average molecular weight is 576 g/mol. The number of halogens is 3. The fraction of sp³-hybridized carbons (Fsp3) is 0.483. The van der Waals surface area contributed by atoms with Crippen LogP contribution < -0.4 is 15.8 Å². The molecule has 2 atom stereocenters. The van der Waals surface area contributed by atoms with Gasteiger partial charge >= 0.3 is 12.2 Å². The number of hydrogen-bond donors (Lipinski definition) is 2. The Morgan fingerprint density at radius 1 is 1.15 bits per heavy atom. The molecule has 0 aliphatic carbocycles. The molecule has 9 nitrogen and oxygen atoms in total. The van der Waals surface area contributed by atoms with Crippen LogP contribution in [0.4, 0.5) is 18.0 Å². The quantitative estimate of drug-likeness (QED) is 0.444. The Bertz CT molecular complexity index is 1270. The molecule has 0 radical (unpaired) electrons. The molecule has 0 aromatic heterocycles. The third kappa shape index (κ3) is 6.92. The number of unbranched alkanes of at least 4 members (excludes halogenated alkanes) is 1. The van der Waals surface area contributed by atoms with E-state index < -0.39 is 30.0 Å². The van der Waals surface area contributed by atoms with Crippen molar-refractivity contribution in [3.05, 3.63) is 64.7 Å². The first-order valence-corrected chi connectivity index (χ1v) is 13.7. The van der Waals surface area contributed by atoms with E-state index in [1.807, 2.05) is 18.2 Å². The molecule has 0 unspecified atom stereocenters. The summed E-state index contributed by atoms with van der Waals surface area (Å²) in [5.74, 6) is 0.197. The van der Waals surface area contributed by atoms with Gasteiger partial charge in [-0.25, -0.2) is 4.79 Å². The van der Waals surface area contributed by atoms with E-state index in [1.54, 1.807) is 31.1 Å². The van der Waals surface area contributed by atoms with Crippen molar-refractivity contribution in [3.8, 4) is 5.75 Å². The number of fused-ring (bicyclic) bond motifs is 1. The van der Waals surface area contributed by atoms with Crippen molar-refractivity contribution >= 4 is 17.8 Å². The molecule has 0 bridgehead atoms. The standard InChI is InChI=1S/C29H36F3N5O4/c1-19-13-20(15-22(14-19)29(30,31)32)16-34-28(40)36-12-10-26(38)37-23(8-5-6-11-33)27(39)35(18-25(36)37)17-21-7-3-4-9-24(21)41-2/h3-4,7,9,13-15,23,25H,5-6,8,10-12,16-18,33H2,1-2H3,(H,34,40)/t23-,25+/m0/s1. The summed E-state index contributed by atoms with van der Waals surface area (Å²) >= 11 is 0. The number of ether oxygens (including phenoxy) is 1. The third-order valence-electron chi connectivity index (χ3n) is 7.51. The second kappa shape index (κ2) is 12.8. The maximum Gasteiger partial charge on any atom is 0.416 e. The number of nitrogens with zero attached hydrogens (tertiary/aromatic N) is 3. The Morgan fingerprint density at radius 3 is 2.61 bits per heavy atom. The Morgan fingerprint density at radius 2 is 1.90 bits per heavy atom. The van der Waals surface area contributed by atoms with Crippen molar-refractivity contribution < 1.29 is 32.3 Å². The van der Waals surface area contributed by atoms with Gasteiger partial charge in [-0.15, -0.1) is 0 Å². The van der Waals surface area contributed by atoms with E-state index >= 15 is 0 Å². The number of carbonyl (C=O) groups excluding carboxylic acids is 3. The average Bonchev–Trinajstić information content (AvgIpc) is 2.93. The molecule has 2 saturated heterocycles. The van der Waals surface area contributed by atoms with Crippen LogP contribution in [0.15, 0.2) is 42.5 Å². The van der Waals surface area contributed by atoms with Gasteiger partial charge in [0, 0.05) is 31.6 Å². The largest absolute Gasteiger partial charge is 0.496 e. The molecule has 2 aromatic rings. The number of methoxy groups -OCH3 is 1. The molecule has 0 spiro atoms. The van der Waals surface area contributed by atoms with Crippen molar-refractivity contribution in [1.29, 1.82) is 0 Å². The predicted octanol–water partition coefficient (Wildman–Crippen LogP) is 3.63. The van der Waals surface area contributed by atoms with Gasteiger partial charge < -0.3 is 30.5 Å². The zero-order valence-electron chi connectivity index (χ0n) is 23.2. The molecule has 4 rings (SSSR count). The number of hydrogen-bond acceptors (Lipinski definition) is 5. The minimum absolute atomic E-state index is 0.0414. The lowest BCUT2D eigenvalue weighted by molar-refractivity contribution is -0.167. The second-order valence-corrected chi connectivity index (χ2v) is 10.4. The van der Waals surface area contributed by atoms with E-state index in [0.29, 0.717) is 42.7 Å². The highest BCUT2D eigenvalue weighted by molar-refractivity contribution is 5.91. The molecule has 4 amide bonds. The van der Waals surface area contributed by atoms with Gasteiger partial charge in [0.1, 0.15) is 18.0 Å². The number of alkyl halides is 3. The Labute approximate surface area is 237 Å². The van der Waals surface area contributed by atoms with Crippen molar-refractivity contribution in [2.75, 3.05) is 26.7 Å². The van der Waals surface area contributed by atoms with Crippen LogP contribution in [0.1, 0.15) is 47.9 Å². The topological polar surface area (TPSA) is 108 Å². The van der Waals surface area contributed by atoms with Crippen LogP contribution in [-0.2, 0) is 28.9 Å². The van der Waals surface area contributed by atoms with Crippen LogP contribution in [0.25, 0.3) is 0 Å². The van der Waals surface area contributed by atoms with Gasteiger partial charge in [-0.3, -0.25) is 9.59 Å². The molecular formula is C29H36F3N5O4. The molecule has 2 heterocycles. The highest BCUT2D eigenvalue weighted by Gasteiger charge is 2.48. The summed E-state index contributed by atoms with van der Waals surface area (Å²) in [6.45, 7) is 2.34. The lowest BCUT2D eigenvalue weighted by Gasteiger charge is -2.52. The fourth-order valence-electron chi connectivity index (χ4n) is 5.57. The van der Waals surface area contributed by atoms with Gasteiger partial charge in [0.2, 0.25) is 11.8 Å². The fourth-order valence-corrected chi connectivity index (χ4v) is 5.57. The smallest absolute Gasteiger partial charge is 0.416 e. The number of benzene rings is 2. The Kier molecular flexibility index (Phi) is 9.42. The zero-order valence-corrected chi connectivity index (χ0v) is 23.2. The summed E-state index contributed by atoms with van der Waals surface area (Å²) in [6.07, 6.45) is -3.47. The summed E-state index contributed by atoms with van der Waals surface area (Å²) < 4.78 is 45.4. The number of aryl methyl sites for hydroxylation is 1. The van der Waals surface area contributed by atoms with Crippen molar-refractivity contribution in [2.24, 2.45) is 5.73 Å². The summed E-state index contributed by atoms with van der Waals surface area (Å²) in [5, 5.41) is 2.73. The van der Waals surface area contributed by atoms with Crippen LogP contribution in [0.3, 0.4) is 0 Å². The highest BCUT2D eigenvalue weighted by Crippen LogP contribution is 2.32. The van der Waals surface area contributed by atoms with E-state index in [2.05, 4.69) is 5.32 Å². The molecule has 2 aromatic carbocycles. The van der Waals surface area contributed by atoms with E-state index in [0.717, 1.165) is 17.7 Å². The summed E-state index contributed by atoms with van der Waals surface area (Å²) in [4.78, 5) is 44.9. The van der Waals surface area contributed by atoms with Gasteiger partial charge in [0.05, 0.1) is 19.2 Å². The SMILES string of the molecule is COc1ccccc1CN1C[C@@H]2N(C(=O)NCc3cc(C)cc(C(F)(F)F)c3)CCC(=O)N2[C@@H](CCCCN)C1=O. The van der Waals surface area contributed by atoms with Crippen LogP contribution in [0.2, 0.25) is 0 Å². The monoisotopic (exact) mass is 575 g/mol. The number of piperazine rings is 1. The van der Waals surface area contributed by atoms with Gasteiger partial charge in [0.15, 0.2) is 0 Å². The zero-order chi connectivity index (χ0) is 29.7. The van der Waals surface area contributed by atoms with Crippen LogP contribution in [-0.4, -0.2) is 71.5 Å². The minimum Gasteiger partial charge on any atom is -0.496 e. The highest BCUT2D eigenvalue weighted by atomic mass is 19.4. The Balaban J connectivity index is 1.57. The number of rotatable bonds is 9. The second-order valence-electron chi connectivity index (χ2n) is 10.4. The molecule has 12 heteroatoms. The van der Waals surface area contributed by atoms with Crippen molar-refractivity contribution in [3.63, 3.8) is 0 Å². The van der Waals surface area contributed by atoms with E-state index in [4.69, 9.17) is 10.5 Å². The number of para-hydroxylation sites is 1. The molecular weight excluding hydrogens is 539 g/mol. The molecule has 2 aliphatic heterocycles. The van der Waals surface area contributed by atoms with E-state index in [9.17, 15) is 27.6 Å². The molecule has 2 fully saturated rings. The van der Waals surface area contributed by atoms with Gasteiger partial charge in [-0.05, 0) is 56.5 Å². The summed E-state index contributed by atoms with van der Waals surface area (Å²) in [7, 11) is 1.55. The maximum atomic E-state index is 13.7.